The molecule has 9 heteroatoms. The number of nitrogens with zero attached hydrogens (tertiary/aromatic N) is 3. The van der Waals surface area contributed by atoms with E-state index in [9.17, 15) is 9.59 Å². The number of likely N-dealkylation sites (N-methyl/N-ethyl adjacent to an activating group) is 1. The highest BCUT2D eigenvalue weighted by atomic mass is 32.1. The van der Waals surface area contributed by atoms with Crippen LogP contribution in [0.4, 0.5) is 5.69 Å². The van der Waals surface area contributed by atoms with Crippen LogP contribution in [0, 0.1) is 0 Å². The van der Waals surface area contributed by atoms with Gasteiger partial charge in [0.2, 0.25) is 0 Å². The molecule has 32 heavy (non-hydrogen) atoms. The van der Waals surface area contributed by atoms with Gasteiger partial charge >= 0.3 is 0 Å². The fraction of sp³-hybridized carbons (Fsp3) is 0.261. The van der Waals surface area contributed by atoms with Crippen LogP contribution in [-0.4, -0.2) is 48.8 Å². The molecule has 0 bridgehead atoms. The molecular formula is C23H22N4O4S. The quantitative estimate of drug-likeness (QED) is 0.646. The Morgan fingerprint density at radius 3 is 2.81 bits per heavy atom. The number of anilines is 1. The summed E-state index contributed by atoms with van der Waals surface area (Å²) in [7, 11) is 1.57. The Kier molecular flexibility index (Phi) is 5.40. The zero-order valence-electron chi connectivity index (χ0n) is 17.4. The van der Waals surface area contributed by atoms with Crippen LogP contribution in [0.2, 0.25) is 0 Å². The van der Waals surface area contributed by atoms with Crippen molar-refractivity contribution in [3.63, 3.8) is 0 Å². The molecule has 3 aromatic rings. The Hall–Kier alpha value is -3.59. The summed E-state index contributed by atoms with van der Waals surface area (Å²) in [6.07, 6.45) is 1.49. The van der Waals surface area contributed by atoms with Gasteiger partial charge in [0.15, 0.2) is 6.10 Å². The lowest BCUT2D eigenvalue weighted by molar-refractivity contribution is -0.132. The molecule has 1 aromatic carbocycles. The van der Waals surface area contributed by atoms with E-state index >= 15 is 0 Å². The summed E-state index contributed by atoms with van der Waals surface area (Å²) in [5.41, 5.74) is 1.64. The maximum Gasteiger partial charge on any atom is 0.262 e. The summed E-state index contributed by atoms with van der Waals surface area (Å²) in [5.74, 6) is 0.862. The molecule has 0 aliphatic carbocycles. The van der Waals surface area contributed by atoms with Crippen molar-refractivity contribution in [2.45, 2.75) is 18.6 Å². The number of carbonyl (C=O) groups is 2. The van der Waals surface area contributed by atoms with Crippen molar-refractivity contribution in [3.8, 4) is 5.75 Å². The highest BCUT2D eigenvalue weighted by molar-refractivity contribution is 7.12. The van der Waals surface area contributed by atoms with Gasteiger partial charge in [-0.05, 0) is 35.7 Å². The minimum absolute atomic E-state index is 0.0618. The first-order chi connectivity index (χ1) is 15.6. The third-order valence-corrected chi connectivity index (χ3v) is 6.49. The van der Waals surface area contributed by atoms with Crippen LogP contribution < -0.4 is 15.0 Å². The number of nitrogens with one attached hydrogen (secondary N) is 1. The highest BCUT2D eigenvalue weighted by Crippen LogP contribution is 2.36. The summed E-state index contributed by atoms with van der Waals surface area (Å²) in [4.78, 5) is 28.7. The van der Waals surface area contributed by atoms with Gasteiger partial charge in [0.25, 0.3) is 11.8 Å². The minimum atomic E-state index is -0.702. The van der Waals surface area contributed by atoms with E-state index in [4.69, 9.17) is 9.15 Å². The average molecular weight is 451 g/mol. The SMILES string of the molecule is CNC(=O)[C@@H]1CN(CC(=O)N2N=C(c3cccs3)C[C@H]2c2ccco2)c2ccccc2O1. The molecule has 2 aliphatic rings. The molecule has 2 amide bonds. The molecule has 0 unspecified atom stereocenters. The van der Waals surface area contributed by atoms with Gasteiger partial charge in [-0.1, -0.05) is 18.2 Å². The second-order valence-electron chi connectivity index (χ2n) is 7.57. The summed E-state index contributed by atoms with van der Waals surface area (Å²) < 4.78 is 11.5. The van der Waals surface area contributed by atoms with E-state index in [0.717, 1.165) is 16.3 Å². The number of thiophene rings is 1. The maximum atomic E-state index is 13.5. The van der Waals surface area contributed by atoms with Crippen LogP contribution in [0.1, 0.15) is 23.1 Å². The van der Waals surface area contributed by atoms with E-state index in [1.165, 1.54) is 5.01 Å². The molecule has 5 rings (SSSR count). The van der Waals surface area contributed by atoms with Gasteiger partial charge in [0.1, 0.15) is 17.6 Å². The van der Waals surface area contributed by atoms with Crippen LogP contribution in [-0.2, 0) is 9.59 Å². The summed E-state index contributed by atoms with van der Waals surface area (Å²) in [6, 6.07) is 14.8. The Morgan fingerprint density at radius 1 is 1.19 bits per heavy atom. The topological polar surface area (TPSA) is 87.4 Å². The Labute approximate surface area is 189 Å². The number of hydrogen-bond donors (Lipinski definition) is 1. The lowest BCUT2D eigenvalue weighted by atomic mass is 10.1. The fourth-order valence-corrected chi connectivity index (χ4v) is 4.75. The molecule has 0 saturated heterocycles. The van der Waals surface area contributed by atoms with Gasteiger partial charge in [-0.2, -0.15) is 5.10 Å². The maximum absolute atomic E-state index is 13.5. The number of hydrazone groups is 1. The van der Waals surface area contributed by atoms with Crippen LogP contribution >= 0.6 is 11.3 Å². The summed E-state index contributed by atoms with van der Waals surface area (Å²) in [6.45, 7) is 0.329. The van der Waals surface area contributed by atoms with Crippen molar-refractivity contribution >= 4 is 34.6 Å². The number of fused-ring (bicyclic) bond motifs is 1. The lowest BCUT2D eigenvalue weighted by Gasteiger charge is -2.35. The third-order valence-electron chi connectivity index (χ3n) is 5.57. The Balaban J connectivity index is 1.42. The molecule has 0 spiro atoms. The van der Waals surface area contributed by atoms with E-state index < -0.39 is 6.10 Å². The number of benzene rings is 1. The number of carbonyl (C=O) groups excluding carboxylic acids is 2. The zero-order chi connectivity index (χ0) is 22.1. The number of furan rings is 1. The molecule has 1 N–H and O–H groups in total. The second-order valence-corrected chi connectivity index (χ2v) is 8.51. The van der Waals surface area contributed by atoms with Crippen molar-refractivity contribution in [1.82, 2.24) is 10.3 Å². The molecule has 2 atom stereocenters. The molecule has 0 radical (unpaired) electrons. The van der Waals surface area contributed by atoms with Crippen molar-refractivity contribution in [2.24, 2.45) is 5.10 Å². The number of rotatable bonds is 5. The summed E-state index contributed by atoms with van der Waals surface area (Å²) >= 11 is 1.59. The predicted molar refractivity (Wildman–Crippen MR) is 121 cm³/mol. The molecule has 2 aliphatic heterocycles. The minimum Gasteiger partial charge on any atom is -0.477 e. The standard InChI is InChI=1S/C23H22N4O4S/c1-24-23(29)20-13-26(16-6-2-3-7-19(16)31-20)14-22(28)27-17(18-8-4-10-30-18)12-15(25-27)21-9-5-11-32-21/h2-11,17,20H,12-14H2,1H3,(H,24,29)/t17-,20-/m0/s1. The van der Waals surface area contributed by atoms with Gasteiger partial charge in [0.05, 0.1) is 35.6 Å². The summed E-state index contributed by atoms with van der Waals surface area (Å²) in [5, 5.41) is 10.8. The Morgan fingerprint density at radius 2 is 2.06 bits per heavy atom. The molecule has 8 nitrogen and oxygen atoms in total. The van der Waals surface area contributed by atoms with Crippen LogP contribution in [0.25, 0.3) is 0 Å². The average Bonchev–Trinajstić information content (AvgIpc) is 3.59. The zero-order valence-corrected chi connectivity index (χ0v) is 18.2. The van der Waals surface area contributed by atoms with Crippen molar-refractivity contribution in [1.29, 1.82) is 0 Å². The van der Waals surface area contributed by atoms with E-state index in [-0.39, 0.29) is 30.9 Å². The van der Waals surface area contributed by atoms with Crippen LogP contribution in [0.5, 0.6) is 5.75 Å². The molecule has 2 aromatic heterocycles. The van der Waals surface area contributed by atoms with E-state index in [2.05, 4.69) is 10.4 Å². The number of amides is 2. The predicted octanol–water partition coefficient (Wildman–Crippen LogP) is 3.03. The molecular weight excluding hydrogens is 428 g/mol. The molecule has 0 fully saturated rings. The first-order valence-corrected chi connectivity index (χ1v) is 11.2. The van der Waals surface area contributed by atoms with Gasteiger partial charge in [-0.15, -0.1) is 11.3 Å². The van der Waals surface area contributed by atoms with E-state index in [1.54, 1.807) is 30.7 Å². The van der Waals surface area contributed by atoms with Crippen LogP contribution in [0.3, 0.4) is 0 Å². The first kappa shape index (κ1) is 20.3. The van der Waals surface area contributed by atoms with E-state index in [0.29, 0.717) is 17.9 Å². The monoisotopic (exact) mass is 450 g/mol. The smallest absolute Gasteiger partial charge is 0.262 e. The van der Waals surface area contributed by atoms with Gasteiger partial charge < -0.3 is 19.4 Å². The fourth-order valence-electron chi connectivity index (χ4n) is 4.02. The van der Waals surface area contributed by atoms with Crippen molar-refractivity contribution < 1.29 is 18.7 Å². The van der Waals surface area contributed by atoms with Crippen LogP contribution in [0.15, 0.2) is 69.7 Å². The number of ether oxygens (including phenoxy) is 1. The van der Waals surface area contributed by atoms with Crippen molar-refractivity contribution in [3.05, 3.63) is 70.8 Å². The normalized spacial score (nSPS) is 19.8. The number of hydrogen-bond acceptors (Lipinski definition) is 7. The van der Waals surface area contributed by atoms with Gasteiger partial charge in [-0.25, -0.2) is 5.01 Å². The second kappa shape index (κ2) is 8.51. The Bertz CT molecular complexity index is 1140. The highest BCUT2D eigenvalue weighted by Gasteiger charge is 2.37. The molecule has 164 valence electrons. The largest absolute Gasteiger partial charge is 0.477 e. The van der Waals surface area contributed by atoms with Gasteiger partial charge in [-0.3, -0.25) is 9.59 Å². The lowest BCUT2D eigenvalue weighted by Crippen LogP contribution is -2.50. The molecule has 4 heterocycles. The molecule has 0 saturated carbocycles. The number of para-hydroxylation sites is 2. The van der Waals surface area contributed by atoms with Crippen molar-refractivity contribution in [2.75, 3.05) is 25.0 Å². The third kappa shape index (κ3) is 3.75. The van der Waals surface area contributed by atoms with E-state index in [1.807, 2.05) is 52.7 Å². The first-order valence-electron chi connectivity index (χ1n) is 10.3. The van der Waals surface area contributed by atoms with Gasteiger partial charge in [0, 0.05) is 13.5 Å².